The van der Waals surface area contributed by atoms with Gasteiger partial charge in [-0.2, -0.15) is 18.3 Å². The lowest BCUT2D eigenvalue weighted by Gasteiger charge is -2.22. The Morgan fingerprint density at radius 1 is 0.852 bits per heavy atom. The number of pyridine rings is 1. The molecule has 3 N–H and O–H groups in total. The van der Waals surface area contributed by atoms with E-state index >= 15 is 0 Å². The minimum absolute atomic E-state index is 0.115. The molecule has 15 heteroatoms. The zero-order chi connectivity index (χ0) is 40.4. The fourth-order valence-electron chi connectivity index (χ4n) is 5.47. The van der Waals surface area contributed by atoms with Crippen LogP contribution in [0.1, 0.15) is 73.7 Å². The van der Waals surface area contributed by atoms with E-state index in [2.05, 4.69) is 15.4 Å². The number of hydrogen-bond donors (Lipinski definition) is 2. The molecular formula is C39H39F8N5O2. The largest absolute Gasteiger partial charge is 0.435 e. The first-order valence-corrected chi connectivity index (χ1v) is 16.7. The fraction of sp³-hybridized carbons (Fsp3) is 0.282. The molecule has 3 aromatic carbocycles. The topological polar surface area (TPSA) is 103 Å². The fourth-order valence-corrected chi connectivity index (χ4v) is 5.47. The second kappa shape index (κ2) is 18.4. The van der Waals surface area contributed by atoms with E-state index in [-0.39, 0.29) is 40.9 Å². The quantitative estimate of drug-likeness (QED) is 0.139. The van der Waals surface area contributed by atoms with Gasteiger partial charge in [-0.05, 0) is 73.7 Å². The van der Waals surface area contributed by atoms with E-state index < -0.39 is 65.2 Å². The number of nitrogens with two attached hydrogens (primary N) is 1. The number of benzene rings is 3. The third kappa shape index (κ3) is 11.7. The number of carbonyl (C=O) groups is 2. The van der Waals surface area contributed by atoms with Crippen molar-refractivity contribution in [1.82, 2.24) is 20.1 Å². The zero-order valence-electron chi connectivity index (χ0n) is 30.0. The third-order valence-electron chi connectivity index (χ3n) is 7.43. The molecule has 0 saturated heterocycles. The first-order valence-electron chi connectivity index (χ1n) is 16.7. The van der Waals surface area contributed by atoms with Crippen LogP contribution < -0.4 is 11.1 Å². The molecule has 1 atom stereocenters. The first kappa shape index (κ1) is 42.8. The number of nitrogens with one attached hydrogen (secondary N) is 1. The second-order valence-corrected chi connectivity index (χ2v) is 12.0. The molecule has 7 nitrogen and oxygen atoms in total. The van der Waals surface area contributed by atoms with Crippen LogP contribution in [0.3, 0.4) is 0 Å². The summed E-state index contributed by atoms with van der Waals surface area (Å²) in [5.41, 5.74) is 5.03. The Hall–Kier alpha value is -5.60. The maximum Gasteiger partial charge on any atom is 0.435 e. The van der Waals surface area contributed by atoms with E-state index in [1.165, 1.54) is 30.5 Å². The van der Waals surface area contributed by atoms with E-state index in [1.54, 1.807) is 37.3 Å². The number of rotatable bonds is 10. The number of carbonyl (C=O) groups excluding carboxylic acids is 2. The molecule has 0 aliphatic rings. The van der Waals surface area contributed by atoms with Crippen molar-refractivity contribution in [2.45, 2.75) is 72.1 Å². The van der Waals surface area contributed by atoms with Crippen LogP contribution in [0.15, 0.2) is 85.1 Å². The molecule has 2 aromatic heterocycles. The smallest absolute Gasteiger partial charge is 0.366 e. The minimum atomic E-state index is -4.82. The molecular weight excluding hydrogens is 722 g/mol. The average Bonchev–Trinajstić information content (AvgIpc) is 3.47. The highest BCUT2D eigenvalue weighted by Gasteiger charge is 2.39. The van der Waals surface area contributed by atoms with Crippen LogP contribution >= 0.6 is 0 Å². The molecule has 0 aliphatic carbocycles. The maximum absolute atomic E-state index is 14.3. The Kier molecular flexibility index (Phi) is 14.6. The summed E-state index contributed by atoms with van der Waals surface area (Å²) in [5, 5.41) is 6.52. The maximum atomic E-state index is 14.3. The molecule has 0 saturated carbocycles. The van der Waals surface area contributed by atoms with Gasteiger partial charge < -0.3 is 11.1 Å². The van der Waals surface area contributed by atoms with E-state index in [0.29, 0.717) is 17.2 Å². The standard InChI is InChI=1S/C34H27F6N5O2.C3H6F2.C2H6/c1-2-28-30(20-7-4-3-5-8-20)32(34(38,39)40)44-45(28)18-29(46)43-27(15-19-13-22(35)17-23(36)14-19)31-24(9-6-12-42-31)21-10-11-26(37)25(16-21)33(41)47;1-3(2,4)5;1-2/h3-14,16-17,27H,2,15,18H2,1H3,(H2,41,47)(H,43,46);1-2H3;1-2H3. The molecule has 5 aromatic rings. The van der Waals surface area contributed by atoms with Crippen molar-refractivity contribution in [3.63, 3.8) is 0 Å². The Morgan fingerprint density at radius 3 is 2.02 bits per heavy atom. The summed E-state index contributed by atoms with van der Waals surface area (Å²) in [6.07, 6.45) is -3.50. The van der Waals surface area contributed by atoms with Crippen LogP contribution in [-0.4, -0.2) is 32.5 Å². The predicted molar refractivity (Wildman–Crippen MR) is 189 cm³/mol. The molecule has 54 heavy (non-hydrogen) atoms. The van der Waals surface area contributed by atoms with Crippen molar-refractivity contribution in [3.8, 4) is 22.3 Å². The highest BCUT2D eigenvalue weighted by molar-refractivity contribution is 5.94. The van der Waals surface area contributed by atoms with Gasteiger partial charge in [0.25, 0.3) is 5.91 Å². The molecule has 5 rings (SSSR count). The van der Waals surface area contributed by atoms with Crippen LogP contribution in [-0.2, 0) is 30.4 Å². The van der Waals surface area contributed by atoms with Gasteiger partial charge in [0.05, 0.1) is 17.3 Å². The predicted octanol–water partition coefficient (Wildman–Crippen LogP) is 9.50. The molecule has 0 radical (unpaired) electrons. The summed E-state index contributed by atoms with van der Waals surface area (Å²) >= 11 is 0. The Labute approximate surface area is 307 Å². The summed E-state index contributed by atoms with van der Waals surface area (Å²) in [7, 11) is 0. The van der Waals surface area contributed by atoms with Crippen LogP contribution in [0.5, 0.6) is 0 Å². The minimum Gasteiger partial charge on any atom is -0.366 e. The molecule has 0 spiro atoms. The summed E-state index contributed by atoms with van der Waals surface area (Å²) in [5.74, 6) is -6.88. The number of hydrogen-bond acceptors (Lipinski definition) is 4. The normalized spacial score (nSPS) is 11.8. The van der Waals surface area contributed by atoms with Crippen molar-refractivity contribution in [1.29, 1.82) is 0 Å². The van der Waals surface area contributed by atoms with Gasteiger partial charge in [0.15, 0.2) is 5.69 Å². The second-order valence-electron chi connectivity index (χ2n) is 12.0. The molecule has 2 amide bonds. The van der Waals surface area contributed by atoms with Gasteiger partial charge in [-0.1, -0.05) is 63.2 Å². The highest BCUT2D eigenvalue weighted by Crippen LogP contribution is 2.39. The van der Waals surface area contributed by atoms with Crippen molar-refractivity contribution in [3.05, 3.63) is 131 Å². The van der Waals surface area contributed by atoms with Crippen molar-refractivity contribution in [2.75, 3.05) is 0 Å². The third-order valence-corrected chi connectivity index (χ3v) is 7.43. The molecule has 0 aliphatic heterocycles. The van der Waals surface area contributed by atoms with Crippen LogP contribution in [0.25, 0.3) is 22.3 Å². The lowest BCUT2D eigenvalue weighted by Crippen LogP contribution is -2.34. The number of amides is 2. The van der Waals surface area contributed by atoms with Crippen molar-refractivity contribution < 1.29 is 44.7 Å². The van der Waals surface area contributed by atoms with Gasteiger partial charge in [0.1, 0.15) is 24.0 Å². The number of nitrogens with zero attached hydrogens (tertiary/aromatic N) is 3. The molecule has 0 fully saturated rings. The van der Waals surface area contributed by atoms with Crippen LogP contribution in [0.4, 0.5) is 35.1 Å². The molecule has 288 valence electrons. The zero-order valence-corrected chi connectivity index (χ0v) is 30.0. The summed E-state index contributed by atoms with van der Waals surface area (Å²) < 4.78 is 108. The van der Waals surface area contributed by atoms with Gasteiger partial charge in [-0.3, -0.25) is 19.3 Å². The number of primary amides is 1. The van der Waals surface area contributed by atoms with Gasteiger partial charge >= 0.3 is 6.18 Å². The van der Waals surface area contributed by atoms with Crippen molar-refractivity contribution >= 4 is 11.8 Å². The highest BCUT2D eigenvalue weighted by atomic mass is 19.4. The summed E-state index contributed by atoms with van der Waals surface area (Å²) in [4.78, 5) is 29.8. The molecule has 0 bridgehead atoms. The van der Waals surface area contributed by atoms with E-state index in [9.17, 15) is 44.7 Å². The molecule has 2 heterocycles. The monoisotopic (exact) mass is 761 g/mol. The lowest BCUT2D eigenvalue weighted by molar-refractivity contribution is -0.141. The van der Waals surface area contributed by atoms with E-state index in [1.807, 2.05) is 13.8 Å². The number of aromatic nitrogens is 3. The van der Waals surface area contributed by atoms with Gasteiger partial charge in [0, 0.05) is 29.1 Å². The molecule has 1 unspecified atom stereocenters. The van der Waals surface area contributed by atoms with E-state index in [4.69, 9.17) is 5.73 Å². The van der Waals surface area contributed by atoms with Crippen LogP contribution in [0.2, 0.25) is 0 Å². The number of halogens is 8. The van der Waals surface area contributed by atoms with Gasteiger partial charge in [-0.15, -0.1) is 0 Å². The first-order chi connectivity index (χ1) is 25.3. The summed E-state index contributed by atoms with van der Waals surface area (Å²) in [6.45, 7) is 6.72. The SMILES string of the molecule is CC.CC(C)(F)F.CCc1c(-c2ccccc2)c(C(F)(F)F)nn1CC(=O)NC(Cc1cc(F)cc(F)c1)c1ncccc1-c1ccc(F)c(C(N)=O)c1. The Balaban J connectivity index is 0.00000103. The lowest BCUT2D eigenvalue weighted by atomic mass is 9.94. The Morgan fingerprint density at radius 2 is 1.46 bits per heavy atom. The van der Waals surface area contributed by atoms with Crippen molar-refractivity contribution in [2.24, 2.45) is 5.73 Å². The Bertz CT molecular complexity index is 2020. The van der Waals surface area contributed by atoms with Gasteiger partial charge in [-0.25, -0.2) is 22.0 Å². The average molecular weight is 762 g/mol. The summed E-state index contributed by atoms with van der Waals surface area (Å²) in [6, 6.07) is 16.3. The van der Waals surface area contributed by atoms with Crippen LogP contribution in [0, 0.1) is 17.5 Å². The van der Waals surface area contributed by atoms with Gasteiger partial charge in [0.2, 0.25) is 11.8 Å². The number of alkyl halides is 5. The van der Waals surface area contributed by atoms with E-state index in [0.717, 1.165) is 36.7 Å².